The van der Waals surface area contributed by atoms with Crippen LogP contribution < -0.4 is 0 Å². The Morgan fingerprint density at radius 3 is 2.94 bits per heavy atom. The van der Waals surface area contributed by atoms with E-state index >= 15 is 0 Å². The molecule has 1 aliphatic heterocycles. The molecule has 1 amide bonds. The van der Waals surface area contributed by atoms with Gasteiger partial charge in [0.25, 0.3) is 5.91 Å². The first kappa shape index (κ1) is 13.4. The van der Waals surface area contributed by atoms with Crippen molar-refractivity contribution < 1.29 is 9.90 Å². The Labute approximate surface area is 112 Å². The van der Waals surface area contributed by atoms with Crippen LogP contribution in [0.4, 0.5) is 0 Å². The highest BCUT2D eigenvalue weighted by Crippen LogP contribution is 2.26. The first-order valence-electron chi connectivity index (χ1n) is 6.38. The molecule has 3 nitrogen and oxygen atoms in total. The molecule has 98 valence electrons. The SMILES string of the molecule is CCC(O)C1CCCN1C(=O)c1ccccc1Cl. The van der Waals surface area contributed by atoms with Gasteiger partial charge in [-0.1, -0.05) is 30.7 Å². The third kappa shape index (κ3) is 2.52. The normalized spacial score (nSPS) is 21.1. The van der Waals surface area contributed by atoms with Crippen molar-refractivity contribution in [1.82, 2.24) is 4.90 Å². The Morgan fingerprint density at radius 1 is 1.56 bits per heavy atom. The Kier molecular flexibility index (Phi) is 4.25. The van der Waals surface area contributed by atoms with Crippen molar-refractivity contribution in [3.8, 4) is 0 Å². The fraction of sp³-hybridized carbons (Fsp3) is 0.500. The molecule has 1 aliphatic rings. The van der Waals surface area contributed by atoms with Gasteiger partial charge < -0.3 is 10.0 Å². The largest absolute Gasteiger partial charge is 0.391 e. The van der Waals surface area contributed by atoms with Crippen LogP contribution in [0.2, 0.25) is 5.02 Å². The van der Waals surface area contributed by atoms with Crippen LogP contribution in [0.5, 0.6) is 0 Å². The summed E-state index contributed by atoms with van der Waals surface area (Å²) in [7, 11) is 0. The lowest BCUT2D eigenvalue weighted by Gasteiger charge is -2.28. The molecule has 0 spiro atoms. The maximum Gasteiger partial charge on any atom is 0.255 e. The summed E-state index contributed by atoms with van der Waals surface area (Å²) < 4.78 is 0. The molecule has 1 fully saturated rings. The molecule has 2 unspecified atom stereocenters. The second-order valence-electron chi connectivity index (χ2n) is 4.66. The molecule has 1 N–H and O–H groups in total. The first-order chi connectivity index (χ1) is 8.65. The molecule has 2 atom stereocenters. The second-order valence-corrected chi connectivity index (χ2v) is 5.07. The van der Waals surface area contributed by atoms with Gasteiger partial charge in [0.05, 0.1) is 22.7 Å². The minimum Gasteiger partial charge on any atom is -0.391 e. The zero-order valence-electron chi connectivity index (χ0n) is 10.5. The van der Waals surface area contributed by atoms with Crippen LogP contribution in [0, 0.1) is 0 Å². The number of amides is 1. The molecule has 4 heteroatoms. The number of nitrogens with zero attached hydrogens (tertiary/aromatic N) is 1. The van der Waals surface area contributed by atoms with Gasteiger partial charge in [-0.15, -0.1) is 0 Å². The van der Waals surface area contributed by atoms with E-state index in [0.29, 0.717) is 23.6 Å². The van der Waals surface area contributed by atoms with Crippen LogP contribution >= 0.6 is 11.6 Å². The Hall–Kier alpha value is -1.06. The summed E-state index contributed by atoms with van der Waals surface area (Å²) >= 11 is 6.05. The fourth-order valence-corrected chi connectivity index (χ4v) is 2.72. The third-order valence-electron chi connectivity index (χ3n) is 3.53. The first-order valence-corrected chi connectivity index (χ1v) is 6.76. The summed E-state index contributed by atoms with van der Waals surface area (Å²) in [5, 5.41) is 10.4. The van der Waals surface area contributed by atoms with Crippen molar-refractivity contribution in [2.45, 2.75) is 38.3 Å². The fourth-order valence-electron chi connectivity index (χ4n) is 2.51. The standard InChI is InChI=1S/C14H18ClNO2/c1-2-13(17)12-8-5-9-16(12)14(18)10-6-3-4-7-11(10)15/h3-4,6-7,12-13,17H,2,5,8-9H2,1H3. The van der Waals surface area contributed by atoms with Gasteiger partial charge in [0.2, 0.25) is 0 Å². The van der Waals surface area contributed by atoms with Crippen molar-refractivity contribution in [2.75, 3.05) is 6.54 Å². The molecule has 18 heavy (non-hydrogen) atoms. The number of likely N-dealkylation sites (tertiary alicyclic amines) is 1. The smallest absolute Gasteiger partial charge is 0.255 e. The number of hydrogen-bond acceptors (Lipinski definition) is 2. The van der Waals surface area contributed by atoms with Gasteiger partial charge in [0.1, 0.15) is 0 Å². The lowest BCUT2D eigenvalue weighted by molar-refractivity contribution is 0.0479. The number of benzene rings is 1. The van der Waals surface area contributed by atoms with Crippen LogP contribution in [-0.2, 0) is 0 Å². The number of carbonyl (C=O) groups is 1. The molecule has 1 aromatic rings. The lowest BCUT2D eigenvalue weighted by Crippen LogP contribution is -2.42. The quantitative estimate of drug-likeness (QED) is 0.915. The average molecular weight is 268 g/mol. The molecule has 0 saturated carbocycles. The van der Waals surface area contributed by atoms with Crippen LogP contribution in [0.25, 0.3) is 0 Å². The third-order valence-corrected chi connectivity index (χ3v) is 3.86. The highest BCUT2D eigenvalue weighted by atomic mass is 35.5. The number of rotatable bonds is 3. The minimum atomic E-state index is -0.445. The van der Waals surface area contributed by atoms with Crippen molar-refractivity contribution >= 4 is 17.5 Å². The summed E-state index contributed by atoms with van der Waals surface area (Å²) in [5.41, 5.74) is 0.523. The number of hydrogen-bond donors (Lipinski definition) is 1. The molecule has 0 radical (unpaired) electrons. The van der Waals surface area contributed by atoms with E-state index in [-0.39, 0.29) is 11.9 Å². The molecule has 0 bridgehead atoms. The summed E-state index contributed by atoms with van der Waals surface area (Å²) in [6.45, 7) is 2.63. The van der Waals surface area contributed by atoms with E-state index in [4.69, 9.17) is 11.6 Å². The highest BCUT2D eigenvalue weighted by Gasteiger charge is 2.33. The highest BCUT2D eigenvalue weighted by molar-refractivity contribution is 6.33. The van der Waals surface area contributed by atoms with Gasteiger partial charge in [-0.2, -0.15) is 0 Å². The van der Waals surface area contributed by atoms with E-state index in [1.54, 1.807) is 23.1 Å². The maximum absolute atomic E-state index is 12.4. The van der Waals surface area contributed by atoms with E-state index in [2.05, 4.69) is 0 Å². The van der Waals surface area contributed by atoms with Gasteiger partial charge >= 0.3 is 0 Å². The number of aliphatic hydroxyl groups is 1. The number of halogens is 1. The summed E-state index contributed by atoms with van der Waals surface area (Å²) in [5.74, 6) is -0.0735. The van der Waals surface area contributed by atoms with E-state index in [9.17, 15) is 9.90 Å². The predicted molar refractivity (Wildman–Crippen MR) is 71.8 cm³/mol. The molecular weight excluding hydrogens is 250 g/mol. The Morgan fingerprint density at radius 2 is 2.28 bits per heavy atom. The van der Waals surface area contributed by atoms with Crippen molar-refractivity contribution in [1.29, 1.82) is 0 Å². The molecule has 1 heterocycles. The molecular formula is C14H18ClNO2. The zero-order valence-corrected chi connectivity index (χ0v) is 11.2. The molecule has 1 aromatic carbocycles. The average Bonchev–Trinajstić information content (AvgIpc) is 2.86. The van der Waals surface area contributed by atoms with Crippen LogP contribution in [0.3, 0.4) is 0 Å². The van der Waals surface area contributed by atoms with Gasteiger partial charge in [-0.05, 0) is 31.4 Å². The monoisotopic (exact) mass is 267 g/mol. The van der Waals surface area contributed by atoms with Gasteiger partial charge in [0, 0.05) is 6.54 Å². The van der Waals surface area contributed by atoms with Crippen molar-refractivity contribution in [3.63, 3.8) is 0 Å². The van der Waals surface area contributed by atoms with Crippen molar-refractivity contribution in [3.05, 3.63) is 34.9 Å². The van der Waals surface area contributed by atoms with Gasteiger partial charge in [0.15, 0.2) is 0 Å². The van der Waals surface area contributed by atoms with Gasteiger partial charge in [-0.3, -0.25) is 4.79 Å². The second kappa shape index (κ2) is 5.72. The molecule has 0 aliphatic carbocycles. The van der Waals surface area contributed by atoms with E-state index in [1.807, 2.05) is 13.0 Å². The Bertz CT molecular complexity index is 436. The van der Waals surface area contributed by atoms with Crippen LogP contribution in [0.1, 0.15) is 36.5 Å². The molecule has 1 saturated heterocycles. The Balaban J connectivity index is 2.21. The van der Waals surface area contributed by atoms with Gasteiger partial charge in [-0.25, -0.2) is 0 Å². The van der Waals surface area contributed by atoms with Crippen LogP contribution in [0.15, 0.2) is 24.3 Å². The minimum absolute atomic E-state index is 0.0706. The van der Waals surface area contributed by atoms with E-state index < -0.39 is 6.10 Å². The molecule has 0 aromatic heterocycles. The van der Waals surface area contributed by atoms with Crippen LogP contribution in [-0.4, -0.2) is 34.6 Å². The maximum atomic E-state index is 12.4. The zero-order chi connectivity index (χ0) is 13.1. The predicted octanol–water partition coefficient (Wildman–Crippen LogP) is 2.72. The topological polar surface area (TPSA) is 40.5 Å². The van der Waals surface area contributed by atoms with E-state index in [1.165, 1.54) is 0 Å². The molecule has 2 rings (SSSR count). The van der Waals surface area contributed by atoms with Crippen molar-refractivity contribution in [2.24, 2.45) is 0 Å². The summed E-state index contributed by atoms with van der Waals surface area (Å²) in [6.07, 6.45) is 2.03. The number of aliphatic hydroxyl groups excluding tert-OH is 1. The lowest BCUT2D eigenvalue weighted by atomic mass is 10.1. The van der Waals surface area contributed by atoms with E-state index in [0.717, 1.165) is 12.8 Å². The summed E-state index contributed by atoms with van der Waals surface area (Å²) in [6, 6.07) is 7.00. The summed E-state index contributed by atoms with van der Waals surface area (Å²) in [4.78, 5) is 14.2. The number of carbonyl (C=O) groups excluding carboxylic acids is 1.